The van der Waals surface area contributed by atoms with Crippen molar-refractivity contribution in [3.63, 3.8) is 0 Å². The molecule has 0 aliphatic heterocycles. The Hall–Kier alpha value is -2.84. The third kappa shape index (κ3) is 6.89. The van der Waals surface area contributed by atoms with Crippen LogP contribution in [0.2, 0.25) is 5.02 Å². The molecule has 2 aromatic carbocycles. The summed E-state index contributed by atoms with van der Waals surface area (Å²) < 4.78 is 82.3. The van der Waals surface area contributed by atoms with Gasteiger partial charge in [-0.05, 0) is 74.7 Å². The summed E-state index contributed by atoms with van der Waals surface area (Å²) in [4.78, 5) is -0.470. The molecule has 9 heteroatoms. The van der Waals surface area contributed by atoms with Gasteiger partial charge < -0.3 is 0 Å². The molecule has 2 rings (SSSR count). The van der Waals surface area contributed by atoms with E-state index in [4.69, 9.17) is 11.6 Å². The number of benzene rings is 2. The van der Waals surface area contributed by atoms with Crippen molar-refractivity contribution >= 4 is 27.2 Å². The normalized spacial score (nSPS) is 12.9. The number of allylic oxidation sites excluding steroid dienone is 6. The minimum atomic E-state index is -4.69. The fraction of sp³-hybridized carbons (Fsp3) is 0.259. The van der Waals surface area contributed by atoms with E-state index in [-0.39, 0.29) is 22.8 Å². The number of hydrogen-bond acceptors (Lipinski definition) is 2. The largest absolute Gasteiger partial charge is 0.416 e. The van der Waals surface area contributed by atoms with E-state index in [1.807, 2.05) is 0 Å². The van der Waals surface area contributed by atoms with Gasteiger partial charge in [-0.25, -0.2) is 12.8 Å². The van der Waals surface area contributed by atoms with Crippen molar-refractivity contribution in [3.05, 3.63) is 106 Å². The second-order valence-corrected chi connectivity index (χ2v) is 10.5. The lowest BCUT2D eigenvalue weighted by Crippen LogP contribution is -2.31. The predicted octanol–water partition coefficient (Wildman–Crippen LogP) is 8.41. The second kappa shape index (κ2) is 11.9. The van der Waals surface area contributed by atoms with Crippen LogP contribution in [0.25, 0.3) is 5.57 Å². The van der Waals surface area contributed by atoms with Crippen LogP contribution in [-0.4, -0.2) is 19.3 Å². The Kier molecular flexibility index (Phi) is 9.74. The summed E-state index contributed by atoms with van der Waals surface area (Å²) in [5, 5.41) is 0.217. The molecule has 0 N–H and O–H groups in total. The first kappa shape index (κ1) is 29.4. The molecule has 0 spiro atoms. The molecule has 36 heavy (non-hydrogen) atoms. The minimum absolute atomic E-state index is 0.0296. The molecule has 0 bridgehead atoms. The lowest BCUT2D eigenvalue weighted by Gasteiger charge is -2.27. The Labute approximate surface area is 215 Å². The van der Waals surface area contributed by atoms with Gasteiger partial charge in [0.2, 0.25) is 0 Å². The molecule has 0 aliphatic rings. The van der Waals surface area contributed by atoms with Crippen LogP contribution in [-0.2, 0) is 16.2 Å². The van der Waals surface area contributed by atoms with Crippen LogP contribution >= 0.6 is 11.6 Å². The van der Waals surface area contributed by atoms with E-state index in [1.165, 1.54) is 18.2 Å². The molecule has 0 heterocycles. The van der Waals surface area contributed by atoms with Crippen molar-refractivity contribution in [2.24, 2.45) is 0 Å². The molecule has 0 aliphatic carbocycles. The fourth-order valence-electron chi connectivity index (χ4n) is 3.51. The first-order chi connectivity index (χ1) is 16.7. The number of nitrogens with zero attached hydrogens (tertiary/aromatic N) is 1. The van der Waals surface area contributed by atoms with Crippen molar-refractivity contribution in [2.45, 2.75) is 45.2 Å². The smallest absolute Gasteiger partial charge is 0.266 e. The van der Waals surface area contributed by atoms with E-state index in [0.717, 1.165) is 22.5 Å². The summed E-state index contributed by atoms with van der Waals surface area (Å²) in [5.41, 5.74) is 0.971. The van der Waals surface area contributed by atoms with Crippen molar-refractivity contribution in [1.82, 2.24) is 4.31 Å². The van der Waals surface area contributed by atoms with Crippen LogP contribution in [0.1, 0.15) is 45.2 Å². The molecule has 0 saturated heterocycles. The maximum Gasteiger partial charge on any atom is 0.416 e. The van der Waals surface area contributed by atoms with Crippen molar-refractivity contribution in [3.8, 4) is 0 Å². The van der Waals surface area contributed by atoms with Crippen molar-refractivity contribution < 1.29 is 26.0 Å². The van der Waals surface area contributed by atoms with E-state index < -0.39 is 32.5 Å². The van der Waals surface area contributed by atoms with Crippen molar-refractivity contribution in [1.29, 1.82) is 0 Å². The zero-order chi connectivity index (χ0) is 27.3. The monoisotopic (exact) mass is 541 g/mol. The molecule has 2 aromatic rings. The van der Waals surface area contributed by atoms with Gasteiger partial charge in [0.15, 0.2) is 0 Å². The minimum Gasteiger partial charge on any atom is -0.266 e. The number of sulfonamides is 1. The summed E-state index contributed by atoms with van der Waals surface area (Å²) in [7, 11) is -4.34. The van der Waals surface area contributed by atoms with Gasteiger partial charge in [0, 0.05) is 12.1 Å². The molecule has 0 radical (unpaired) electrons. The number of hydrogen-bond donors (Lipinski definition) is 0. The van der Waals surface area contributed by atoms with Crippen LogP contribution in [0.5, 0.6) is 0 Å². The van der Waals surface area contributed by atoms with Gasteiger partial charge in [0.05, 0.1) is 21.2 Å². The topological polar surface area (TPSA) is 37.4 Å². The van der Waals surface area contributed by atoms with E-state index in [9.17, 15) is 26.0 Å². The third-order valence-electron chi connectivity index (χ3n) is 5.24. The highest BCUT2D eigenvalue weighted by atomic mass is 35.5. The van der Waals surface area contributed by atoms with E-state index in [0.29, 0.717) is 29.2 Å². The first-order valence-electron chi connectivity index (χ1n) is 11.1. The molecule has 0 amide bonds. The Bertz CT molecular complexity index is 1300. The molecular formula is C27H28ClF4NO2S. The number of rotatable bonds is 9. The van der Waals surface area contributed by atoms with Gasteiger partial charge in [-0.3, -0.25) is 4.31 Å². The standard InChI is InChI=1S/C27H28ClF4NO2S/c1-6-14-33(36(34,35)22-11-8-10-21(17-22)27(30,31)32)25(18(3)4)16-20(7-2)15-19(5)26-23(28)12-9-13-24(26)29/h7-13,15-17H,2,6,14H2,1,3-5H3/b19-15+,20-16+. The highest BCUT2D eigenvalue weighted by molar-refractivity contribution is 7.89. The highest BCUT2D eigenvalue weighted by Crippen LogP contribution is 2.33. The Balaban J connectivity index is 2.65. The van der Waals surface area contributed by atoms with Gasteiger partial charge in [0.1, 0.15) is 5.82 Å². The Morgan fingerprint density at radius 3 is 2.25 bits per heavy atom. The lowest BCUT2D eigenvalue weighted by atomic mass is 10.0. The van der Waals surface area contributed by atoms with Crippen LogP contribution in [0.4, 0.5) is 17.6 Å². The van der Waals surface area contributed by atoms with Gasteiger partial charge in [0.25, 0.3) is 10.0 Å². The number of alkyl halides is 3. The SMILES string of the molecule is C=CC(=C\C(=C(C)C)N(CCC)S(=O)(=O)c1cccc(C(F)(F)F)c1)/C=C(\C)c1c(F)cccc1Cl. The van der Waals surface area contributed by atoms with Crippen LogP contribution in [0.15, 0.2) is 89.0 Å². The molecule has 0 aromatic heterocycles. The third-order valence-corrected chi connectivity index (χ3v) is 7.36. The van der Waals surface area contributed by atoms with Crippen molar-refractivity contribution in [2.75, 3.05) is 6.54 Å². The quantitative estimate of drug-likeness (QED) is 0.236. The van der Waals surface area contributed by atoms with E-state index in [1.54, 1.807) is 45.9 Å². The van der Waals surface area contributed by atoms with Gasteiger partial charge in [-0.15, -0.1) is 0 Å². The van der Waals surface area contributed by atoms with Crippen LogP contribution in [0.3, 0.4) is 0 Å². The molecule has 0 unspecified atom stereocenters. The maximum absolute atomic E-state index is 14.4. The maximum atomic E-state index is 14.4. The Morgan fingerprint density at radius 1 is 1.08 bits per heavy atom. The zero-order valence-corrected chi connectivity index (χ0v) is 22.0. The number of halogens is 5. The van der Waals surface area contributed by atoms with Gasteiger partial charge in [-0.1, -0.05) is 55.0 Å². The van der Waals surface area contributed by atoms with Crippen LogP contribution in [0, 0.1) is 5.82 Å². The summed E-state index contributed by atoms with van der Waals surface area (Å²) >= 11 is 6.17. The second-order valence-electron chi connectivity index (χ2n) is 8.26. The predicted molar refractivity (Wildman–Crippen MR) is 137 cm³/mol. The van der Waals surface area contributed by atoms with E-state index in [2.05, 4.69) is 6.58 Å². The fourth-order valence-corrected chi connectivity index (χ4v) is 5.52. The van der Waals surface area contributed by atoms with Gasteiger partial charge >= 0.3 is 6.18 Å². The molecule has 194 valence electrons. The summed E-state index contributed by atoms with van der Waals surface area (Å²) in [6, 6.07) is 7.98. The lowest BCUT2D eigenvalue weighted by molar-refractivity contribution is -0.137. The average Bonchev–Trinajstić information content (AvgIpc) is 2.79. The van der Waals surface area contributed by atoms with Crippen LogP contribution < -0.4 is 0 Å². The Morgan fingerprint density at radius 2 is 1.72 bits per heavy atom. The zero-order valence-electron chi connectivity index (χ0n) is 20.5. The van der Waals surface area contributed by atoms with E-state index >= 15 is 0 Å². The summed E-state index contributed by atoms with van der Waals surface area (Å²) in [6.45, 7) is 10.6. The molecular weight excluding hydrogens is 514 g/mol. The average molecular weight is 542 g/mol. The summed E-state index contributed by atoms with van der Waals surface area (Å²) in [6.07, 6.45) is 0.365. The molecule has 3 nitrogen and oxygen atoms in total. The molecule has 0 atom stereocenters. The first-order valence-corrected chi connectivity index (χ1v) is 12.9. The van der Waals surface area contributed by atoms with Gasteiger partial charge in [-0.2, -0.15) is 13.2 Å². The highest BCUT2D eigenvalue weighted by Gasteiger charge is 2.33. The summed E-state index contributed by atoms with van der Waals surface area (Å²) in [5.74, 6) is -0.512. The molecule has 0 fully saturated rings. The molecule has 0 saturated carbocycles.